The molecule has 32 heavy (non-hydrogen) atoms. The van der Waals surface area contributed by atoms with E-state index < -0.39 is 17.1 Å². The van der Waals surface area contributed by atoms with Crippen molar-refractivity contribution in [1.29, 1.82) is 0 Å². The Kier molecular flexibility index (Phi) is 7.94. The van der Waals surface area contributed by atoms with E-state index in [1.54, 1.807) is 30.3 Å². The molecule has 8 heteroatoms. The van der Waals surface area contributed by atoms with E-state index in [9.17, 15) is 14.4 Å². The van der Waals surface area contributed by atoms with E-state index in [1.165, 1.54) is 0 Å². The van der Waals surface area contributed by atoms with Crippen molar-refractivity contribution in [3.8, 4) is 11.5 Å². The maximum atomic E-state index is 12.8. The third-order valence-corrected chi connectivity index (χ3v) is 5.41. The highest BCUT2D eigenvalue weighted by atomic mass is 32.2. The van der Waals surface area contributed by atoms with Crippen LogP contribution in [0.15, 0.2) is 47.4 Å². The lowest BCUT2D eigenvalue weighted by Gasteiger charge is -2.13. The van der Waals surface area contributed by atoms with Crippen molar-refractivity contribution in [3.05, 3.63) is 58.5 Å². The van der Waals surface area contributed by atoms with Crippen molar-refractivity contribution in [1.82, 2.24) is 4.90 Å². The first-order valence-corrected chi connectivity index (χ1v) is 11.2. The predicted molar refractivity (Wildman–Crippen MR) is 126 cm³/mol. The second kappa shape index (κ2) is 10.9. The van der Waals surface area contributed by atoms with E-state index in [4.69, 9.17) is 9.47 Å². The molecule has 0 radical (unpaired) electrons. The summed E-state index contributed by atoms with van der Waals surface area (Å²) in [7, 11) is 0. The summed E-state index contributed by atoms with van der Waals surface area (Å²) in [5, 5.41) is 2.24. The molecule has 0 bridgehead atoms. The number of carbonyl (C=O) groups is 3. The molecule has 1 heterocycles. The second-order valence-corrected chi connectivity index (χ2v) is 8.17. The highest BCUT2D eigenvalue weighted by Crippen LogP contribution is 2.34. The largest absolute Gasteiger partial charge is 0.490 e. The summed E-state index contributed by atoms with van der Waals surface area (Å²) in [5.41, 5.74) is 2.31. The molecule has 0 atom stereocenters. The van der Waals surface area contributed by atoms with Crippen molar-refractivity contribution in [2.24, 2.45) is 0 Å². The molecule has 0 aromatic heterocycles. The van der Waals surface area contributed by atoms with Gasteiger partial charge >= 0.3 is 0 Å². The monoisotopic (exact) mass is 454 g/mol. The van der Waals surface area contributed by atoms with Crippen LogP contribution < -0.4 is 14.8 Å². The van der Waals surface area contributed by atoms with E-state index in [2.05, 4.69) is 5.32 Å². The molecule has 0 unspecified atom stereocenters. The molecule has 1 fully saturated rings. The maximum Gasteiger partial charge on any atom is 0.294 e. The third kappa shape index (κ3) is 5.91. The molecule has 1 saturated heterocycles. The Hall–Kier alpha value is -3.26. The maximum absolute atomic E-state index is 12.8. The average Bonchev–Trinajstić information content (AvgIpc) is 3.00. The zero-order valence-corrected chi connectivity index (χ0v) is 19.2. The van der Waals surface area contributed by atoms with Gasteiger partial charge in [0, 0.05) is 5.69 Å². The number of aryl methyl sites for hydroxylation is 1. The molecule has 1 aliphatic heterocycles. The van der Waals surface area contributed by atoms with Gasteiger partial charge in [0.1, 0.15) is 6.54 Å². The smallest absolute Gasteiger partial charge is 0.294 e. The Balaban J connectivity index is 1.72. The fourth-order valence-corrected chi connectivity index (χ4v) is 3.91. The van der Waals surface area contributed by atoms with Gasteiger partial charge in [-0.2, -0.15) is 0 Å². The summed E-state index contributed by atoms with van der Waals surface area (Å²) in [6.45, 7) is 6.51. The van der Waals surface area contributed by atoms with Crippen molar-refractivity contribution < 1.29 is 23.9 Å². The summed E-state index contributed by atoms with van der Waals surface area (Å²) in [6.07, 6.45) is 2.49. The van der Waals surface area contributed by atoms with E-state index in [1.807, 2.05) is 39.0 Å². The minimum Gasteiger partial charge on any atom is -0.490 e. The first-order valence-electron chi connectivity index (χ1n) is 10.4. The summed E-state index contributed by atoms with van der Waals surface area (Å²) in [5.74, 6) is 0.275. The molecule has 1 N–H and O–H groups in total. The lowest BCUT2D eigenvalue weighted by molar-refractivity contribution is -0.127. The summed E-state index contributed by atoms with van der Waals surface area (Å²) in [6, 6.07) is 12.7. The number of rotatable bonds is 9. The predicted octanol–water partition coefficient (Wildman–Crippen LogP) is 4.86. The quantitative estimate of drug-likeness (QED) is 0.545. The number of anilines is 1. The van der Waals surface area contributed by atoms with Crippen molar-refractivity contribution in [2.45, 2.75) is 27.2 Å². The van der Waals surface area contributed by atoms with Gasteiger partial charge in [0.2, 0.25) is 5.91 Å². The average molecular weight is 455 g/mol. The van der Waals surface area contributed by atoms with Crippen LogP contribution in [0.1, 0.15) is 31.4 Å². The summed E-state index contributed by atoms with van der Waals surface area (Å²) in [4.78, 5) is 38.7. The number of nitrogens with zero attached hydrogens (tertiary/aromatic N) is 1. The molecule has 2 aromatic carbocycles. The number of imide groups is 1. The number of carbonyl (C=O) groups excluding carboxylic acids is 3. The molecule has 0 aliphatic carbocycles. The van der Waals surface area contributed by atoms with Crippen LogP contribution in [0.25, 0.3) is 6.08 Å². The Morgan fingerprint density at radius 3 is 2.62 bits per heavy atom. The number of hydrogen-bond donors (Lipinski definition) is 1. The Morgan fingerprint density at radius 1 is 1.09 bits per heavy atom. The molecule has 7 nitrogen and oxygen atoms in total. The molecule has 0 spiro atoms. The van der Waals surface area contributed by atoms with Gasteiger partial charge in [-0.15, -0.1) is 0 Å². The Bertz CT molecular complexity index is 1050. The minimum atomic E-state index is -0.497. The highest BCUT2D eigenvalue weighted by molar-refractivity contribution is 8.18. The number of ether oxygens (including phenoxy) is 2. The fraction of sp³-hybridized carbons (Fsp3) is 0.292. The van der Waals surface area contributed by atoms with Crippen LogP contribution in [0.5, 0.6) is 11.5 Å². The Labute approximate surface area is 191 Å². The zero-order valence-electron chi connectivity index (χ0n) is 18.3. The molecule has 3 amide bonds. The molecule has 0 saturated carbocycles. The van der Waals surface area contributed by atoms with Gasteiger partial charge in [-0.3, -0.25) is 19.3 Å². The van der Waals surface area contributed by atoms with E-state index >= 15 is 0 Å². The van der Waals surface area contributed by atoms with E-state index in [0.29, 0.717) is 36.0 Å². The van der Waals surface area contributed by atoms with Crippen molar-refractivity contribution in [3.63, 3.8) is 0 Å². The van der Waals surface area contributed by atoms with E-state index in [-0.39, 0.29) is 11.4 Å². The molecule has 168 valence electrons. The van der Waals surface area contributed by atoms with Crippen LogP contribution in [0.4, 0.5) is 10.5 Å². The van der Waals surface area contributed by atoms with Gasteiger partial charge in [-0.25, -0.2) is 0 Å². The lowest BCUT2D eigenvalue weighted by Crippen LogP contribution is -2.36. The summed E-state index contributed by atoms with van der Waals surface area (Å²) < 4.78 is 11.3. The van der Waals surface area contributed by atoms with Gasteiger partial charge in [-0.05, 0) is 73.5 Å². The standard InChI is InChI=1S/C24H26N2O5S/c1-4-11-31-19-10-9-17(13-20(19)30-5-2)14-21-23(28)26(24(29)32-21)15-22(27)25-18-8-6-7-16(3)12-18/h6-10,12-14H,4-5,11,15H2,1-3H3,(H,25,27)/b21-14-. The van der Waals surface area contributed by atoms with Crippen molar-refractivity contribution >= 4 is 40.6 Å². The van der Waals surface area contributed by atoms with Gasteiger partial charge < -0.3 is 14.8 Å². The van der Waals surface area contributed by atoms with Gasteiger partial charge in [0.25, 0.3) is 11.1 Å². The molecule has 2 aromatic rings. The number of benzene rings is 2. The van der Waals surface area contributed by atoms with Gasteiger partial charge in [-0.1, -0.05) is 25.1 Å². The minimum absolute atomic E-state index is 0.253. The normalized spacial score (nSPS) is 14.7. The molecular formula is C24H26N2O5S. The molecular weight excluding hydrogens is 428 g/mol. The number of hydrogen-bond acceptors (Lipinski definition) is 6. The SMILES string of the molecule is CCCOc1ccc(/C=C2\SC(=O)N(CC(=O)Nc3cccc(C)c3)C2=O)cc1OCC. The first-order chi connectivity index (χ1) is 15.4. The van der Waals surface area contributed by atoms with Crippen LogP contribution in [-0.2, 0) is 9.59 Å². The number of amides is 3. The highest BCUT2D eigenvalue weighted by Gasteiger charge is 2.36. The summed E-state index contributed by atoms with van der Waals surface area (Å²) >= 11 is 0.811. The van der Waals surface area contributed by atoms with E-state index in [0.717, 1.165) is 28.6 Å². The zero-order chi connectivity index (χ0) is 23.1. The topological polar surface area (TPSA) is 84.9 Å². The van der Waals surface area contributed by atoms with Crippen LogP contribution in [0.2, 0.25) is 0 Å². The lowest BCUT2D eigenvalue weighted by atomic mass is 10.2. The van der Waals surface area contributed by atoms with Crippen LogP contribution >= 0.6 is 11.8 Å². The molecule has 1 aliphatic rings. The van der Waals surface area contributed by atoms with Gasteiger partial charge in [0.15, 0.2) is 11.5 Å². The Morgan fingerprint density at radius 2 is 1.91 bits per heavy atom. The fourth-order valence-electron chi connectivity index (χ4n) is 3.07. The van der Waals surface area contributed by atoms with Gasteiger partial charge in [0.05, 0.1) is 18.1 Å². The molecule has 3 rings (SSSR count). The van der Waals surface area contributed by atoms with Crippen LogP contribution in [0, 0.1) is 6.92 Å². The van der Waals surface area contributed by atoms with Crippen molar-refractivity contribution in [2.75, 3.05) is 25.1 Å². The number of nitrogens with one attached hydrogen (secondary N) is 1. The second-order valence-electron chi connectivity index (χ2n) is 7.17. The number of thioether (sulfide) groups is 1. The van der Waals surface area contributed by atoms with Crippen LogP contribution in [-0.4, -0.2) is 41.7 Å². The van der Waals surface area contributed by atoms with Crippen LogP contribution in [0.3, 0.4) is 0 Å². The third-order valence-electron chi connectivity index (χ3n) is 4.50. The first kappa shape index (κ1) is 23.4.